The monoisotopic (exact) mass is 810 g/mol. The van der Waals surface area contributed by atoms with Gasteiger partial charge in [-0.2, -0.15) is 19.6 Å². The molecule has 56 heavy (non-hydrogen) atoms. The molecule has 1 aliphatic rings. The lowest BCUT2D eigenvalue weighted by atomic mass is 9.79. The Hall–Kier alpha value is -6.10. The Morgan fingerprint density at radius 3 is 1.66 bits per heavy atom. The Balaban J connectivity index is 0.000000144. The number of hydrogen-bond donors (Lipinski definition) is 2. The maximum Gasteiger partial charge on any atom is 0.494 e. The van der Waals surface area contributed by atoms with E-state index in [-0.39, 0.29) is 11.2 Å². The van der Waals surface area contributed by atoms with Crippen LogP contribution in [0.2, 0.25) is 0 Å². The van der Waals surface area contributed by atoms with Crippen LogP contribution in [0.4, 0.5) is 11.4 Å². The summed E-state index contributed by atoms with van der Waals surface area (Å²) in [5, 5.41) is 10.9. The lowest BCUT2D eigenvalue weighted by molar-refractivity contribution is 0.00578. The van der Waals surface area contributed by atoms with E-state index in [4.69, 9.17) is 20.8 Å². The topological polar surface area (TPSA) is 183 Å². The van der Waals surface area contributed by atoms with Gasteiger partial charge in [0.05, 0.1) is 46.0 Å². The largest absolute Gasteiger partial charge is 0.494 e. The number of pyridine rings is 2. The second kappa shape index (κ2) is 15.6. The molecular formula is C40H40BBrN12O2. The van der Waals surface area contributed by atoms with Crippen LogP contribution in [-0.2, 0) is 9.31 Å². The predicted octanol–water partition coefficient (Wildman–Crippen LogP) is 6.62. The van der Waals surface area contributed by atoms with Crippen LogP contribution in [-0.4, -0.2) is 67.8 Å². The van der Waals surface area contributed by atoms with Crippen molar-refractivity contribution in [1.29, 1.82) is 0 Å². The smallest absolute Gasteiger partial charge is 0.399 e. The van der Waals surface area contributed by atoms with Gasteiger partial charge in [0.2, 0.25) is 0 Å². The third kappa shape index (κ3) is 8.27. The van der Waals surface area contributed by atoms with E-state index in [1.165, 1.54) is 0 Å². The summed E-state index contributed by atoms with van der Waals surface area (Å²) >= 11 is 3.22. The Morgan fingerprint density at radius 2 is 1.14 bits per heavy atom. The number of benzene rings is 2. The van der Waals surface area contributed by atoms with E-state index in [9.17, 15) is 0 Å². The standard InChI is InChI=1S/C18H21BN4O2.C17H14N6.C5H5BrN2/c1-12-8-9-20-16(22-12)23-15-10-14(7-6-13(15)11-21-23)19-24-17(2,3)18(4,5)25-19;1-11-4-5-20-17(22-11)23-16-7-12(2-3-13(16)9-21-23)14-6-15(18)10-19-8-14;6-4-1-5(7)3-8-2-4/h6-11H,1-5H3;2-10H,18H2,1H3;1-3H,7H2. The third-order valence-electron chi connectivity index (χ3n) is 9.45. The van der Waals surface area contributed by atoms with Gasteiger partial charge < -0.3 is 20.8 Å². The van der Waals surface area contributed by atoms with Crippen LogP contribution in [0, 0.1) is 13.8 Å². The van der Waals surface area contributed by atoms with Gasteiger partial charge in [0.1, 0.15) is 0 Å². The summed E-state index contributed by atoms with van der Waals surface area (Å²) in [6.07, 6.45) is 13.8. The molecule has 0 atom stereocenters. The van der Waals surface area contributed by atoms with E-state index in [1.807, 2.05) is 80.8 Å². The molecule has 6 aromatic heterocycles. The highest BCUT2D eigenvalue weighted by atomic mass is 79.9. The first kappa shape index (κ1) is 38.2. The van der Waals surface area contributed by atoms with E-state index in [0.29, 0.717) is 23.3 Å². The van der Waals surface area contributed by atoms with Crippen molar-refractivity contribution >= 4 is 61.7 Å². The van der Waals surface area contributed by atoms with E-state index in [2.05, 4.69) is 83.7 Å². The summed E-state index contributed by atoms with van der Waals surface area (Å²) in [5.74, 6) is 1.11. The summed E-state index contributed by atoms with van der Waals surface area (Å²) in [7, 11) is -0.406. The van der Waals surface area contributed by atoms with Gasteiger partial charge in [-0.15, -0.1) is 0 Å². The van der Waals surface area contributed by atoms with Gasteiger partial charge in [-0.1, -0.05) is 24.3 Å². The quantitative estimate of drug-likeness (QED) is 0.182. The Labute approximate surface area is 332 Å². The molecule has 0 spiro atoms. The number of anilines is 2. The lowest BCUT2D eigenvalue weighted by Crippen LogP contribution is -2.41. The van der Waals surface area contributed by atoms with Gasteiger partial charge in [0.25, 0.3) is 11.9 Å². The molecule has 7 heterocycles. The summed E-state index contributed by atoms with van der Waals surface area (Å²) < 4.78 is 16.7. The molecule has 282 valence electrons. The number of nitrogens with zero attached hydrogens (tertiary/aromatic N) is 10. The highest BCUT2D eigenvalue weighted by Gasteiger charge is 2.51. The zero-order valence-electron chi connectivity index (χ0n) is 31.8. The van der Waals surface area contributed by atoms with Gasteiger partial charge in [0.15, 0.2) is 0 Å². The fraction of sp³-hybridized carbons (Fsp3) is 0.200. The normalized spacial score (nSPS) is 14.2. The SMILES string of the molecule is Cc1ccnc(-n2ncc3ccc(-c4cncc(N)c4)cc32)n1.Cc1ccnc(-n2ncc3ccc(B4OC(C)(C)C(C)(C)O4)cc32)n1.Nc1cncc(Br)c1. The van der Waals surface area contributed by atoms with Crippen LogP contribution in [0.1, 0.15) is 39.1 Å². The first-order valence-corrected chi connectivity index (χ1v) is 18.5. The minimum atomic E-state index is -0.406. The van der Waals surface area contributed by atoms with Crippen molar-refractivity contribution in [3.63, 3.8) is 0 Å². The number of halogens is 1. The number of fused-ring (bicyclic) bond motifs is 2. The van der Waals surface area contributed by atoms with E-state index >= 15 is 0 Å². The highest BCUT2D eigenvalue weighted by Crippen LogP contribution is 2.36. The molecule has 2 aromatic carbocycles. The highest BCUT2D eigenvalue weighted by molar-refractivity contribution is 9.10. The summed E-state index contributed by atoms with van der Waals surface area (Å²) in [6.45, 7) is 12.1. The van der Waals surface area contributed by atoms with Crippen LogP contribution >= 0.6 is 15.9 Å². The molecule has 1 aliphatic heterocycles. The number of rotatable bonds is 4. The van der Waals surface area contributed by atoms with Crippen molar-refractivity contribution in [3.05, 3.63) is 126 Å². The molecule has 8 aromatic rings. The number of aryl methyl sites for hydroxylation is 2. The van der Waals surface area contributed by atoms with Crippen LogP contribution in [0.3, 0.4) is 0 Å². The second-order valence-electron chi connectivity index (χ2n) is 14.2. The third-order valence-corrected chi connectivity index (χ3v) is 9.89. The molecule has 0 saturated carbocycles. The molecule has 0 radical (unpaired) electrons. The van der Waals surface area contributed by atoms with Crippen LogP contribution < -0.4 is 16.9 Å². The number of nitrogens with two attached hydrogens (primary N) is 2. The van der Waals surface area contributed by atoms with Crippen LogP contribution in [0.25, 0.3) is 44.8 Å². The zero-order valence-corrected chi connectivity index (χ0v) is 33.4. The van der Waals surface area contributed by atoms with E-state index in [1.54, 1.807) is 52.6 Å². The summed E-state index contributed by atoms with van der Waals surface area (Å²) in [4.78, 5) is 25.5. The fourth-order valence-corrected chi connectivity index (χ4v) is 6.18. The molecule has 0 aliphatic carbocycles. The minimum absolute atomic E-state index is 0.369. The average Bonchev–Trinajstić information content (AvgIpc) is 3.84. The van der Waals surface area contributed by atoms with Gasteiger partial charge in [-0.25, -0.2) is 19.9 Å². The van der Waals surface area contributed by atoms with Crippen molar-refractivity contribution in [2.75, 3.05) is 11.5 Å². The first-order chi connectivity index (χ1) is 26.8. The number of hydrogen-bond acceptors (Lipinski definition) is 12. The van der Waals surface area contributed by atoms with Crippen molar-refractivity contribution < 1.29 is 9.31 Å². The molecule has 14 nitrogen and oxygen atoms in total. The molecule has 0 unspecified atom stereocenters. The average molecular weight is 812 g/mol. The van der Waals surface area contributed by atoms with E-state index < -0.39 is 7.12 Å². The van der Waals surface area contributed by atoms with Crippen molar-refractivity contribution in [3.8, 4) is 23.0 Å². The van der Waals surface area contributed by atoms with Gasteiger partial charge in [0, 0.05) is 69.4 Å². The number of nitrogen functional groups attached to an aromatic ring is 2. The summed E-state index contributed by atoms with van der Waals surface area (Å²) in [5.41, 5.74) is 18.4. The Bertz CT molecular complexity index is 2630. The van der Waals surface area contributed by atoms with Crippen LogP contribution in [0.5, 0.6) is 0 Å². The maximum absolute atomic E-state index is 6.16. The molecule has 1 saturated heterocycles. The molecule has 16 heteroatoms. The lowest BCUT2D eigenvalue weighted by Gasteiger charge is -2.32. The Morgan fingerprint density at radius 1 is 0.607 bits per heavy atom. The van der Waals surface area contributed by atoms with Crippen molar-refractivity contribution in [1.82, 2.24) is 49.5 Å². The van der Waals surface area contributed by atoms with Gasteiger partial charge in [-0.05, 0) is 105 Å². The second-order valence-corrected chi connectivity index (χ2v) is 15.1. The maximum atomic E-state index is 6.16. The molecule has 4 N–H and O–H groups in total. The first-order valence-electron chi connectivity index (χ1n) is 17.7. The van der Waals surface area contributed by atoms with Crippen LogP contribution in [0.15, 0.2) is 115 Å². The summed E-state index contributed by atoms with van der Waals surface area (Å²) in [6, 6.07) is 19.6. The minimum Gasteiger partial charge on any atom is -0.399 e. The number of aromatic nitrogens is 10. The van der Waals surface area contributed by atoms with Gasteiger partial charge in [-0.3, -0.25) is 9.97 Å². The molecule has 0 amide bonds. The van der Waals surface area contributed by atoms with Crippen molar-refractivity contribution in [2.24, 2.45) is 0 Å². The molecular weight excluding hydrogens is 771 g/mol. The van der Waals surface area contributed by atoms with Crippen molar-refractivity contribution in [2.45, 2.75) is 52.7 Å². The zero-order chi connectivity index (χ0) is 39.6. The molecule has 9 rings (SSSR count). The van der Waals surface area contributed by atoms with Gasteiger partial charge >= 0.3 is 7.12 Å². The van der Waals surface area contributed by atoms with E-state index in [0.717, 1.165) is 54.3 Å². The predicted molar refractivity (Wildman–Crippen MR) is 223 cm³/mol. The fourth-order valence-electron chi connectivity index (χ4n) is 5.80. The molecule has 1 fully saturated rings. The molecule has 0 bridgehead atoms. The Kier molecular flexibility index (Phi) is 10.6.